The molecular weight excluding hydrogens is 234 g/mol. The smallest absolute Gasteiger partial charge is 0.148 e. The third kappa shape index (κ3) is 2.48. The van der Waals surface area contributed by atoms with Gasteiger partial charge in [0.25, 0.3) is 0 Å². The highest BCUT2D eigenvalue weighted by atomic mass is 32.1. The van der Waals surface area contributed by atoms with E-state index in [1.807, 2.05) is 11.4 Å². The minimum absolute atomic E-state index is 0.531. The molecule has 0 aromatic carbocycles. The van der Waals surface area contributed by atoms with Crippen molar-refractivity contribution in [2.24, 2.45) is 0 Å². The lowest BCUT2D eigenvalue weighted by molar-refractivity contribution is 0.478. The Morgan fingerprint density at radius 1 is 1.35 bits per heavy atom. The van der Waals surface area contributed by atoms with E-state index in [4.69, 9.17) is 0 Å². The molecule has 3 rings (SSSR count). The van der Waals surface area contributed by atoms with Gasteiger partial charge in [0.2, 0.25) is 0 Å². The van der Waals surface area contributed by atoms with Crippen molar-refractivity contribution in [2.75, 3.05) is 18.4 Å². The van der Waals surface area contributed by atoms with Crippen LogP contribution in [0.1, 0.15) is 12.8 Å². The Morgan fingerprint density at radius 2 is 2.24 bits per heavy atom. The number of nitrogens with one attached hydrogen (secondary N) is 3. The molecule has 2 aromatic heterocycles. The molecule has 0 aliphatic carbocycles. The normalized spacial score (nSPS) is 17.2. The number of hydrogen-bond donors (Lipinski definition) is 3. The topological polar surface area (TPSA) is 65.6 Å². The van der Waals surface area contributed by atoms with Crippen LogP contribution in [0.25, 0.3) is 10.7 Å². The lowest BCUT2D eigenvalue weighted by atomic mass is 10.1. The zero-order valence-corrected chi connectivity index (χ0v) is 10.3. The van der Waals surface area contributed by atoms with Crippen LogP contribution in [0.5, 0.6) is 0 Å². The first-order valence-electron chi connectivity index (χ1n) is 5.84. The maximum Gasteiger partial charge on any atom is 0.148 e. The molecule has 0 bridgehead atoms. The molecule has 0 spiro atoms. The van der Waals surface area contributed by atoms with E-state index in [1.54, 1.807) is 17.5 Å². The van der Waals surface area contributed by atoms with Gasteiger partial charge < -0.3 is 10.6 Å². The number of aromatic nitrogens is 3. The molecule has 0 saturated carbocycles. The second-order valence-electron chi connectivity index (χ2n) is 4.17. The van der Waals surface area contributed by atoms with Crippen LogP contribution in [0.3, 0.4) is 0 Å². The fourth-order valence-electron chi connectivity index (χ4n) is 2.04. The highest BCUT2D eigenvalue weighted by Crippen LogP contribution is 2.22. The predicted molar refractivity (Wildman–Crippen MR) is 69.2 cm³/mol. The van der Waals surface area contributed by atoms with Gasteiger partial charge in [0.1, 0.15) is 10.8 Å². The maximum atomic E-state index is 4.28. The fraction of sp³-hybridized carbons (Fsp3) is 0.455. The summed E-state index contributed by atoms with van der Waals surface area (Å²) in [5.41, 5.74) is 0.983. The highest BCUT2D eigenvalue weighted by Gasteiger charge is 2.14. The first-order chi connectivity index (χ1) is 8.42. The molecule has 0 atom stereocenters. The molecule has 0 amide bonds. The molecule has 1 saturated heterocycles. The second-order valence-corrected chi connectivity index (χ2v) is 5.07. The fourth-order valence-corrected chi connectivity index (χ4v) is 2.64. The molecule has 2 aromatic rings. The van der Waals surface area contributed by atoms with E-state index in [0.29, 0.717) is 6.04 Å². The van der Waals surface area contributed by atoms with Crippen molar-refractivity contribution >= 4 is 17.2 Å². The largest absolute Gasteiger partial charge is 0.366 e. The molecule has 0 radical (unpaired) electrons. The van der Waals surface area contributed by atoms with Gasteiger partial charge in [0.15, 0.2) is 0 Å². The molecule has 90 valence electrons. The molecule has 1 aliphatic heterocycles. The van der Waals surface area contributed by atoms with E-state index in [9.17, 15) is 0 Å². The van der Waals surface area contributed by atoms with Crippen molar-refractivity contribution in [3.63, 3.8) is 0 Å². The third-order valence-corrected chi connectivity index (χ3v) is 3.74. The van der Waals surface area contributed by atoms with Crippen LogP contribution in [0.2, 0.25) is 0 Å². The van der Waals surface area contributed by atoms with Crippen molar-refractivity contribution in [1.29, 1.82) is 0 Å². The third-order valence-electron chi connectivity index (χ3n) is 2.93. The number of aromatic amines is 1. The predicted octanol–water partition coefficient (Wildman–Crippen LogP) is 1.70. The van der Waals surface area contributed by atoms with E-state index >= 15 is 0 Å². The van der Waals surface area contributed by atoms with Gasteiger partial charge in [-0.2, -0.15) is 5.10 Å². The van der Waals surface area contributed by atoms with Crippen LogP contribution in [0, 0.1) is 0 Å². The van der Waals surface area contributed by atoms with Crippen molar-refractivity contribution in [1.82, 2.24) is 20.5 Å². The summed E-state index contributed by atoms with van der Waals surface area (Å²) in [4.78, 5) is 4.26. The quantitative estimate of drug-likeness (QED) is 0.774. The van der Waals surface area contributed by atoms with Gasteiger partial charge in [-0.1, -0.05) is 0 Å². The average Bonchev–Trinajstić information content (AvgIpc) is 3.00. The Bertz CT molecular complexity index is 458. The van der Waals surface area contributed by atoms with Crippen LogP contribution in [-0.2, 0) is 0 Å². The molecule has 3 heterocycles. The molecule has 1 fully saturated rings. The number of rotatable bonds is 3. The van der Waals surface area contributed by atoms with E-state index < -0.39 is 0 Å². The van der Waals surface area contributed by atoms with Gasteiger partial charge in [-0.15, -0.1) is 11.3 Å². The summed E-state index contributed by atoms with van der Waals surface area (Å²) in [6.45, 7) is 2.17. The monoisotopic (exact) mass is 249 g/mol. The summed E-state index contributed by atoms with van der Waals surface area (Å²) in [6, 6.07) is 2.56. The average molecular weight is 249 g/mol. The molecule has 5 nitrogen and oxygen atoms in total. The number of hydrogen-bond acceptors (Lipinski definition) is 5. The standard InChI is InChI=1S/C11H15N5S/c1-3-12-4-2-8(1)14-10-7-9(15-16-10)11-13-5-6-17-11/h5-8,12H,1-4H2,(H2,14,15,16). The summed E-state index contributed by atoms with van der Waals surface area (Å²) in [7, 11) is 0. The SMILES string of the molecule is c1csc(-c2cc(NC3CCNCC3)n[nH]2)n1. The number of anilines is 1. The minimum Gasteiger partial charge on any atom is -0.366 e. The number of nitrogens with zero attached hydrogens (tertiary/aromatic N) is 2. The Hall–Kier alpha value is -1.40. The van der Waals surface area contributed by atoms with Gasteiger partial charge >= 0.3 is 0 Å². The van der Waals surface area contributed by atoms with Crippen molar-refractivity contribution in [3.8, 4) is 10.7 Å². The maximum absolute atomic E-state index is 4.28. The Kier molecular flexibility index (Phi) is 3.06. The van der Waals surface area contributed by atoms with Gasteiger partial charge in [-0.05, 0) is 25.9 Å². The lowest BCUT2D eigenvalue weighted by Gasteiger charge is -2.23. The van der Waals surface area contributed by atoms with E-state index in [2.05, 4.69) is 25.8 Å². The van der Waals surface area contributed by atoms with Gasteiger partial charge in [0.05, 0.1) is 5.69 Å². The summed E-state index contributed by atoms with van der Waals surface area (Å²) >= 11 is 1.62. The van der Waals surface area contributed by atoms with Crippen molar-refractivity contribution < 1.29 is 0 Å². The zero-order valence-electron chi connectivity index (χ0n) is 9.44. The van der Waals surface area contributed by atoms with Gasteiger partial charge in [-0.25, -0.2) is 4.98 Å². The first-order valence-corrected chi connectivity index (χ1v) is 6.72. The van der Waals surface area contributed by atoms with Crippen LogP contribution in [0.15, 0.2) is 17.6 Å². The summed E-state index contributed by atoms with van der Waals surface area (Å²) in [5, 5.41) is 17.1. The van der Waals surface area contributed by atoms with E-state index in [-0.39, 0.29) is 0 Å². The van der Waals surface area contributed by atoms with Crippen LogP contribution in [0.4, 0.5) is 5.82 Å². The molecular formula is C11H15N5S. The number of H-pyrrole nitrogens is 1. The first kappa shape index (κ1) is 10.7. The molecule has 1 aliphatic rings. The van der Waals surface area contributed by atoms with Crippen LogP contribution >= 0.6 is 11.3 Å². The van der Waals surface area contributed by atoms with Gasteiger partial charge in [0, 0.05) is 23.7 Å². The van der Waals surface area contributed by atoms with Gasteiger partial charge in [-0.3, -0.25) is 5.10 Å². The molecule has 3 N–H and O–H groups in total. The summed E-state index contributed by atoms with van der Waals surface area (Å²) in [6.07, 6.45) is 4.11. The molecule has 17 heavy (non-hydrogen) atoms. The summed E-state index contributed by atoms with van der Waals surface area (Å²) < 4.78 is 0. The minimum atomic E-state index is 0.531. The number of piperidine rings is 1. The second kappa shape index (κ2) is 4.85. The lowest BCUT2D eigenvalue weighted by Crippen LogP contribution is -2.35. The zero-order chi connectivity index (χ0) is 11.5. The molecule has 6 heteroatoms. The van der Waals surface area contributed by atoms with Crippen LogP contribution < -0.4 is 10.6 Å². The Morgan fingerprint density at radius 3 is 3.00 bits per heavy atom. The molecule has 0 unspecified atom stereocenters. The van der Waals surface area contributed by atoms with E-state index in [1.165, 1.54) is 0 Å². The highest BCUT2D eigenvalue weighted by molar-refractivity contribution is 7.13. The summed E-state index contributed by atoms with van der Waals surface area (Å²) in [5.74, 6) is 0.919. The van der Waals surface area contributed by atoms with E-state index in [0.717, 1.165) is 42.5 Å². The van der Waals surface area contributed by atoms with Crippen molar-refractivity contribution in [3.05, 3.63) is 17.6 Å². The Balaban J connectivity index is 1.68. The number of thiazole rings is 1. The Labute approximate surface area is 104 Å². The van der Waals surface area contributed by atoms with Crippen molar-refractivity contribution in [2.45, 2.75) is 18.9 Å². The van der Waals surface area contributed by atoms with Crippen LogP contribution in [-0.4, -0.2) is 34.3 Å².